The van der Waals surface area contributed by atoms with Gasteiger partial charge in [-0.25, -0.2) is 4.79 Å². The summed E-state index contributed by atoms with van der Waals surface area (Å²) in [5.74, 6) is -3.72. The first-order chi connectivity index (χ1) is 31.0. The minimum Gasteiger partial charge on any atom is -0.493 e. The summed E-state index contributed by atoms with van der Waals surface area (Å²) in [5.41, 5.74) is 16.0. The van der Waals surface area contributed by atoms with Crippen LogP contribution in [0.3, 0.4) is 0 Å². The molecule has 0 spiro atoms. The van der Waals surface area contributed by atoms with E-state index < -0.39 is 57.7 Å². The molecule has 2 amide bonds. The fourth-order valence-electron chi connectivity index (χ4n) is 5.57. The SMILES string of the molecule is COc1cc(C(C)OC(=O)CCCN=[N+]=[N-])c([N+](=O)[O-])cc1OCCCC(=O)O.COc1cc(C(C)OC(=O)CCCN=[N+]=[N-])c([N+](=O)[O-])cc1OCCCC(=O)ON1C(=O)CCC1=O. The van der Waals surface area contributed by atoms with Crippen molar-refractivity contribution in [2.24, 2.45) is 10.2 Å². The van der Waals surface area contributed by atoms with Crippen molar-refractivity contribution in [1.82, 2.24) is 5.06 Å². The first kappa shape index (κ1) is 53.2. The van der Waals surface area contributed by atoms with Crippen LogP contribution in [-0.2, 0) is 43.1 Å². The summed E-state index contributed by atoms with van der Waals surface area (Å²) in [6.45, 7) is 3.19. The second-order valence-electron chi connectivity index (χ2n) is 13.4. The number of benzene rings is 2. The number of azide groups is 2. The Bertz CT molecular complexity index is 2140. The van der Waals surface area contributed by atoms with Crippen LogP contribution >= 0.6 is 0 Å². The maximum atomic E-state index is 12.0. The molecule has 2 aromatic carbocycles. The van der Waals surface area contributed by atoms with Crippen LogP contribution in [0.25, 0.3) is 20.9 Å². The van der Waals surface area contributed by atoms with Crippen LogP contribution in [-0.4, -0.2) is 96.2 Å². The molecule has 0 aliphatic carbocycles. The first-order valence-electron chi connectivity index (χ1n) is 19.6. The number of carbonyl (C=O) groups excluding carboxylic acids is 5. The quantitative estimate of drug-likeness (QED) is 0.0144. The molecule has 1 aliphatic rings. The smallest absolute Gasteiger partial charge is 0.333 e. The molecule has 2 unspecified atom stereocenters. The van der Waals surface area contributed by atoms with E-state index in [0.717, 1.165) is 12.1 Å². The van der Waals surface area contributed by atoms with E-state index in [-0.39, 0.29) is 130 Å². The third-order valence-electron chi connectivity index (χ3n) is 8.69. The van der Waals surface area contributed by atoms with E-state index in [1.54, 1.807) is 0 Å². The van der Waals surface area contributed by atoms with Crippen LogP contribution in [0.5, 0.6) is 23.0 Å². The number of carboxylic acid groups (broad SMARTS) is 1. The summed E-state index contributed by atoms with van der Waals surface area (Å²) in [5, 5.41) is 38.8. The summed E-state index contributed by atoms with van der Waals surface area (Å²) >= 11 is 0. The predicted octanol–water partition coefficient (Wildman–Crippen LogP) is 6.61. The van der Waals surface area contributed by atoms with Crippen molar-refractivity contribution in [1.29, 1.82) is 0 Å². The molecular formula is C38H47N9O18. The molecule has 0 saturated carbocycles. The lowest BCUT2D eigenvalue weighted by Gasteiger charge is -2.17. The Hall–Kier alpha value is -7.92. The maximum absolute atomic E-state index is 12.0. The van der Waals surface area contributed by atoms with Gasteiger partial charge in [0.2, 0.25) is 0 Å². The van der Waals surface area contributed by atoms with E-state index in [1.165, 1.54) is 40.2 Å². The van der Waals surface area contributed by atoms with Gasteiger partial charge in [0.05, 0.1) is 67.0 Å². The second kappa shape index (κ2) is 27.9. The number of amides is 2. The molecule has 27 nitrogen and oxygen atoms in total. The van der Waals surface area contributed by atoms with Gasteiger partial charge in [0.1, 0.15) is 12.2 Å². The number of carboxylic acids is 1. The van der Waals surface area contributed by atoms with Crippen molar-refractivity contribution in [3.8, 4) is 23.0 Å². The number of esters is 2. The van der Waals surface area contributed by atoms with Crippen molar-refractivity contribution >= 4 is 47.1 Å². The van der Waals surface area contributed by atoms with Crippen LogP contribution in [0.4, 0.5) is 11.4 Å². The highest BCUT2D eigenvalue weighted by molar-refractivity contribution is 6.01. The van der Waals surface area contributed by atoms with E-state index in [0.29, 0.717) is 11.5 Å². The van der Waals surface area contributed by atoms with Gasteiger partial charge in [-0.3, -0.25) is 44.2 Å². The summed E-state index contributed by atoms with van der Waals surface area (Å²) in [6, 6.07) is 4.95. The van der Waals surface area contributed by atoms with Crippen LogP contribution in [0.2, 0.25) is 0 Å². The van der Waals surface area contributed by atoms with Gasteiger partial charge in [0, 0.05) is 55.0 Å². The van der Waals surface area contributed by atoms with Gasteiger partial charge in [-0.1, -0.05) is 10.2 Å². The van der Waals surface area contributed by atoms with Crippen molar-refractivity contribution in [3.63, 3.8) is 0 Å². The second-order valence-corrected chi connectivity index (χ2v) is 13.4. The molecule has 1 fully saturated rings. The topological polar surface area (TPSA) is 374 Å². The average molecular weight is 918 g/mol. The van der Waals surface area contributed by atoms with Crippen LogP contribution < -0.4 is 18.9 Å². The minimum atomic E-state index is -0.980. The average Bonchev–Trinajstić information content (AvgIpc) is 3.58. The minimum absolute atomic E-state index is 0.000928. The lowest BCUT2D eigenvalue weighted by Crippen LogP contribution is -2.32. The van der Waals surface area contributed by atoms with E-state index in [9.17, 15) is 49.0 Å². The largest absolute Gasteiger partial charge is 0.493 e. The Kier molecular flexibility index (Phi) is 22.8. The highest BCUT2D eigenvalue weighted by Crippen LogP contribution is 2.40. The number of hydrogen-bond donors (Lipinski definition) is 1. The Balaban J connectivity index is 0.000000458. The molecule has 1 N–H and O–H groups in total. The number of rotatable bonds is 27. The summed E-state index contributed by atoms with van der Waals surface area (Å²) in [6.07, 6.45) is -1.34. The molecule has 0 aromatic heterocycles. The van der Waals surface area contributed by atoms with Gasteiger partial charge in [-0.2, -0.15) is 0 Å². The number of hydroxylamine groups is 2. The molecule has 0 bridgehead atoms. The fourth-order valence-corrected chi connectivity index (χ4v) is 5.57. The highest BCUT2D eigenvalue weighted by atomic mass is 16.7. The predicted molar refractivity (Wildman–Crippen MR) is 219 cm³/mol. The Morgan fingerprint density at radius 3 is 1.46 bits per heavy atom. The summed E-state index contributed by atoms with van der Waals surface area (Å²) in [7, 11) is 2.67. The number of nitro benzene ring substituents is 2. The lowest BCUT2D eigenvalue weighted by molar-refractivity contribution is -0.386. The van der Waals surface area contributed by atoms with Crippen molar-refractivity contribution < 1.29 is 77.0 Å². The number of aliphatic carboxylic acids is 1. The first-order valence-corrected chi connectivity index (χ1v) is 19.6. The molecule has 1 aliphatic heterocycles. The lowest BCUT2D eigenvalue weighted by atomic mass is 10.1. The molecule has 2 aromatic rings. The third-order valence-corrected chi connectivity index (χ3v) is 8.69. The zero-order valence-electron chi connectivity index (χ0n) is 35.8. The number of carbonyl (C=O) groups is 6. The van der Waals surface area contributed by atoms with Crippen LogP contribution in [0.15, 0.2) is 34.5 Å². The molecule has 352 valence electrons. The molecule has 1 saturated heterocycles. The number of methoxy groups -OCH3 is 2. The zero-order chi connectivity index (χ0) is 48.5. The normalized spacial score (nSPS) is 12.5. The Labute approximate surface area is 369 Å². The number of nitrogens with zero attached hydrogens (tertiary/aromatic N) is 9. The maximum Gasteiger partial charge on any atom is 0.333 e. The number of ether oxygens (including phenoxy) is 6. The third kappa shape index (κ3) is 18.1. The highest BCUT2D eigenvalue weighted by Gasteiger charge is 2.33. The van der Waals surface area contributed by atoms with E-state index >= 15 is 0 Å². The van der Waals surface area contributed by atoms with E-state index in [2.05, 4.69) is 20.1 Å². The molecular weight excluding hydrogens is 870 g/mol. The van der Waals surface area contributed by atoms with E-state index in [4.69, 9.17) is 49.4 Å². The van der Waals surface area contributed by atoms with Crippen molar-refractivity contribution in [3.05, 3.63) is 76.5 Å². The van der Waals surface area contributed by atoms with Gasteiger partial charge in [-0.15, -0.1) is 5.06 Å². The molecule has 2 atom stereocenters. The van der Waals surface area contributed by atoms with Gasteiger partial charge in [0.15, 0.2) is 23.0 Å². The summed E-state index contributed by atoms with van der Waals surface area (Å²) in [4.78, 5) is 101. The summed E-state index contributed by atoms with van der Waals surface area (Å²) < 4.78 is 31.9. The Morgan fingerprint density at radius 1 is 0.692 bits per heavy atom. The van der Waals surface area contributed by atoms with Gasteiger partial charge in [-0.05, 0) is 62.7 Å². The molecule has 1 heterocycles. The molecule has 65 heavy (non-hydrogen) atoms. The van der Waals surface area contributed by atoms with E-state index in [1.807, 2.05) is 0 Å². The molecule has 3 rings (SSSR count). The van der Waals surface area contributed by atoms with Gasteiger partial charge >= 0.3 is 23.9 Å². The standard InChI is InChI=1S/C21H25N5O10.C17H22N4O8/c1-13(35-20(29)5-3-9-23-24-22)14-11-16(33-2)17(12-15(14)26(31)32)34-10-4-6-21(30)36-25-18(27)7-8-19(25)28;1-11(29-17(24)6-3-7-19-20-18)12-9-14(27-2)15(10-13(12)21(25)26)28-8-4-5-16(22)23/h11-13H,3-10H2,1-2H3;9-11H,3-8H2,1-2H3,(H,22,23). The molecule has 0 radical (unpaired) electrons. The fraction of sp³-hybridized carbons (Fsp3) is 0.526. The van der Waals surface area contributed by atoms with Crippen LogP contribution in [0.1, 0.15) is 101 Å². The van der Waals surface area contributed by atoms with Crippen LogP contribution in [0, 0.1) is 20.2 Å². The van der Waals surface area contributed by atoms with Gasteiger partial charge in [0.25, 0.3) is 23.2 Å². The molecule has 27 heteroatoms. The monoisotopic (exact) mass is 917 g/mol. The number of hydrogen-bond acceptors (Lipinski definition) is 19. The Morgan fingerprint density at radius 2 is 1.09 bits per heavy atom. The van der Waals surface area contributed by atoms with Crippen molar-refractivity contribution in [2.45, 2.75) is 90.3 Å². The zero-order valence-corrected chi connectivity index (χ0v) is 35.8. The van der Waals surface area contributed by atoms with Gasteiger partial charge < -0.3 is 38.4 Å². The van der Waals surface area contributed by atoms with Crippen molar-refractivity contribution in [2.75, 3.05) is 40.5 Å². The number of nitro groups is 2. The number of imide groups is 1.